The molecular weight excluding hydrogens is 594 g/mol. The van der Waals surface area contributed by atoms with E-state index >= 15 is 0 Å². The average molecular weight is 646 g/mol. The first-order valence-corrected chi connectivity index (χ1v) is 16.5. The van der Waals surface area contributed by atoms with Crippen molar-refractivity contribution in [1.29, 1.82) is 0 Å². The number of carbonyl (C=O) groups is 2. The summed E-state index contributed by atoms with van der Waals surface area (Å²) in [6, 6.07) is 0.913. The summed E-state index contributed by atoms with van der Waals surface area (Å²) in [5, 5.41) is 27.7. The van der Waals surface area contributed by atoms with Crippen molar-refractivity contribution in [3.63, 3.8) is 0 Å². The van der Waals surface area contributed by atoms with Crippen LogP contribution in [0.2, 0.25) is 0 Å². The lowest BCUT2D eigenvalue weighted by atomic mass is 9.76. The summed E-state index contributed by atoms with van der Waals surface area (Å²) < 4.78 is 16.0. The second-order valence-corrected chi connectivity index (χ2v) is 11.7. The Bertz CT molecular complexity index is 1270. The molecule has 12 heteroatoms. The Kier molecular flexibility index (Phi) is 16.2. The zero-order chi connectivity index (χ0) is 34.2. The number of nitrogens with one attached hydrogen (secondary N) is 1. The minimum Gasteiger partial charge on any atom is -0.487 e. The van der Waals surface area contributed by atoms with Gasteiger partial charge in [0.05, 0.1) is 53.8 Å². The standard InChI is InChI=1S/C34H51N3O9/c1-7-9-10-11-12-13-14-15-16-17-18-19-20-21-25-26(36(40)41)22-27(37(42)43)32(46-8-2)30(25)31-28(33(38)44-5)23(3)35-24(4)29(31)34(39)45-6/h22,31,35H,7-21H2,1-6H3. The molecule has 0 atom stereocenters. The minimum atomic E-state index is -1.28. The molecule has 0 radical (unpaired) electrons. The van der Waals surface area contributed by atoms with Crippen molar-refractivity contribution in [3.05, 3.63) is 60.0 Å². The van der Waals surface area contributed by atoms with E-state index in [1.54, 1.807) is 20.8 Å². The van der Waals surface area contributed by atoms with Crippen LogP contribution in [0.4, 0.5) is 11.4 Å². The van der Waals surface area contributed by atoms with Gasteiger partial charge in [-0.2, -0.15) is 0 Å². The summed E-state index contributed by atoms with van der Waals surface area (Å²) in [5.74, 6) is -3.10. The molecule has 0 unspecified atom stereocenters. The fraction of sp³-hybridized carbons (Fsp3) is 0.647. The Hall–Kier alpha value is -3.96. The summed E-state index contributed by atoms with van der Waals surface area (Å²) in [7, 11) is 2.35. The van der Waals surface area contributed by atoms with E-state index in [1.807, 2.05) is 0 Å². The number of unbranched alkanes of at least 4 members (excludes halogenated alkanes) is 12. The van der Waals surface area contributed by atoms with E-state index < -0.39 is 39.1 Å². The van der Waals surface area contributed by atoms with Crippen molar-refractivity contribution >= 4 is 23.3 Å². The van der Waals surface area contributed by atoms with Gasteiger partial charge in [-0.15, -0.1) is 0 Å². The lowest BCUT2D eigenvalue weighted by molar-refractivity contribution is -0.395. The van der Waals surface area contributed by atoms with Crippen LogP contribution >= 0.6 is 0 Å². The quantitative estimate of drug-likeness (QED) is 0.0598. The van der Waals surface area contributed by atoms with Gasteiger partial charge in [-0.3, -0.25) is 20.2 Å². The van der Waals surface area contributed by atoms with Crippen LogP contribution in [0.5, 0.6) is 5.75 Å². The van der Waals surface area contributed by atoms with Crippen LogP contribution in [0.3, 0.4) is 0 Å². The van der Waals surface area contributed by atoms with Crippen molar-refractivity contribution in [2.75, 3.05) is 20.8 Å². The molecule has 0 spiro atoms. The Labute approximate surface area is 272 Å². The second kappa shape index (κ2) is 19.5. The van der Waals surface area contributed by atoms with Gasteiger partial charge in [0.25, 0.3) is 5.69 Å². The fourth-order valence-electron chi connectivity index (χ4n) is 6.22. The molecule has 1 N–H and O–H groups in total. The molecule has 0 bridgehead atoms. The molecule has 0 saturated heterocycles. The maximum Gasteiger partial charge on any atom is 0.336 e. The van der Waals surface area contributed by atoms with Crippen LogP contribution in [0.1, 0.15) is 128 Å². The second-order valence-electron chi connectivity index (χ2n) is 11.7. The Morgan fingerprint density at radius 2 is 1.17 bits per heavy atom. The largest absolute Gasteiger partial charge is 0.487 e. The number of nitrogens with zero attached hydrogens (tertiary/aromatic N) is 2. The molecule has 1 aliphatic heterocycles. The van der Waals surface area contributed by atoms with Gasteiger partial charge >= 0.3 is 17.6 Å². The molecule has 256 valence electrons. The number of methoxy groups -OCH3 is 2. The van der Waals surface area contributed by atoms with Gasteiger partial charge in [-0.05, 0) is 33.6 Å². The molecular formula is C34H51N3O9. The Morgan fingerprint density at radius 3 is 1.57 bits per heavy atom. The van der Waals surface area contributed by atoms with Crippen molar-refractivity contribution in [2.24, 2.45) is 0 Å². The van der Waals surface area contributed by atoms with E-state index in [-0.39, 0.29) is 41.1 Å². The van der Waals surface area contributed by atoms with Gasteiger partial charge < -0.3 is 19.5 Å². The maximum atomic E-state index is 13.2. The first-order valence-electron chi connectivity index (χ1n) is 16.5. The van der Waals surface area contributed by atoms with E-state index in [2.05, 4.69) is 12.2 Å². The highest BCUT2D eigenvalue weighted by Crippen LogP contribution is 2.50. The van der Waals surface area contributed by atoms with E-state index in [4.69, 9.17) is 14.2 Å². The summed E-state index contributed by atoms with van der Waals surface area (Å²) >= 11 is 0. The summed E-state index contributed by atoms with van der Waals surface area (Å²) in [5.41, 5.74) is -0.242. The first kappa shape index (κ1) is 38.2. The molecule has 2 rings (SSSR count). The number of carbonyl (C=O) groups excluding carboxylic acids is 2. The van der Waals surface area contributed by atoms with Crippen LogP contribution in [0.25, 0.3) is 0 Å². The fourth-order valence-corrected chi connectivity index (χ4v) is 6.22. The lowest BCUT2D eigenvalue weighted by Gasteiger charge is -2.32. The van der Waals surface area contributed by atoms with E-state index in [1.165, 1.54) is 65.6 Å². The Morgan fingerprint density at radius 1 is 0.739 bits per heavy atom. The van der Waals surface area contributed by atoms with Gasteiger partial charge in [0.15, 0.2) is 0 Å². The SMILES string of the molecule is CCCCCCCCCCCCCCCc1c([N+](=O)[O-])cc([N+](=O)[O-])c(OCC)c1C1C(C(=O)OC)=C(C)NC(C)=C1C(=O)OC. The molecule has 1 heterocycles. The zero-order valence-corrected chi connectivity index (χ0v) is 28.3. The van der Waals surface area contributed by atoms with Gasteiger partial charge in [0.1, 0.15) is 0 Å². The van der Waals surface area contributed by atoms with Gasteiger partial charge in [-0.1, -0.05) is 84.0 Å². The highest BCUT2D eigenvalue weighted by atomic mass is 16.6. The third-order valence-corrected chi connectivity index (χ3v) is 8.46. The van der Waals surface area contributed by atoms with Gasteiger partial charge in [-0.25, -0.2) is 9.59 Å². The number of esters is 2. The predicted molar refractivity (Wildman–Crippen MR) is 176 cm³/mol. The van der Waals surface area contributed by atoms with Crippen molar-refractivity contribution in [3.8, 4) is 5.75 Å². The third kappa shape index (κ3) is 10.0. The van der Waals surface area contributed by atoms with Crippen LogP contribution < -0.4 is 10.1 Å². The molecule has 0 fully saturated rings. The third-order valence-electron chi connectivity index (χ3n) is 8.46. The Balaban J connectivity index is 2.49. The molecule has 1 aromatic carbocycles. The van der Waals surface area contributed by atoms with Crippen LogP contribution in [-0.4, -0.2) is 42.6 Å². The van der Waals surface area contributed by atoms with Crippen molar-refractivity contribution in [2.45, 2.75) is 124 Å². The molecule has 1 aliphatic rings. The first-order chi connectivity index (χ1) is 22.0. The number of nitro benzene ring substituents is 2. The highest BCUT2D eigenvalue weighted by Gasteiger charge is 2.44. The number of benzene rings is 1. The monoisotopic (exact) mass is 645 g/mol. The lowest BCUT2D eigenvalue weighted by Crippen LogP contribution is -2.33. The molecule has 46 heavy (non-hydrogen) atoms. The number of ether oxygens (including phenoxy) is 3. The van der Waals surface area contributed by atoms with Crippen LogP contribution in [-0.2, 0) is 25.5 Å². The number of dihydropyridines is 1. The van der Waals surface area contributed by atoms with E-state index in [0.29, 0.717) is 17.8 Å². The van der Waals surface area contributed by atoms with Crippen molar-refractivity contribution in [1.82, 2.24) is 5.32 Å². The summed E-state index contributed by atoms with van der Waals surface area (Å²) in [4.78, 5) is 49.7. The minimum absolute atomic E-state index is 0.00130. The maximum absolute atomic E-state index is 13.2. The van der Waals surface area contributed by atoms with Gasteiger partial charge in [0.2, 0.25) is 5.75 Å². The summed E-state index contributed by atoms with van der Waals surface area (Å²) in [6.45, 7) is 7.07. The molecule has 12 nitrogen and oxygen atoms in total. The zero-order valence-electron chi connectivity index (χ0n) is 28.3. The smallest absolute Gasteiger partial charge is 0.336 e. The number of rotatable bonds is 21. The number of allylic oxidation sites excluding steroid dienone is 2. The molecule has 0 aromatic heterocycles. The molecule has 0 aliphatic carbocycles. The number of hydrogen-bond acceptors (Lipinski definition) is 10. The number of nitro groups is 2. The molecule has 0 saturated carbocycles. The van der Waals surface area contributed by atoms with Gasteiger partial charge in [0, 0.05) is 22.5 Å². The normalized spacial score (nSPS) is 13.4. The summed E-state index contributed by atoms with van der Waals surface area (Å²) in [6.07, 6.45) is 14.8. The van der Waals surface area contributed by atoms with Crippen molar-refractivity contribution < 1.29 is 33.6 Å². The van der Waals surface area contributed by atoms with Crippen LogP contribution in [0.15, 0.2) is 28.6 Å². The molecule has 0 amide bonds. The van der Waals surface area contributed by atoms with Crippen LogP contribution in [0, 0.1) is 20.2 Å². The van der Waals surface area contributed by atoms with E-state index in [9.17, 15) is 29.8 Å². The predicted octanol–water partition coefficient (Wildman–Crippen LogP) is 8.12. The molecule has 1 aromatic rings. The highest BCUT2D eigenvalue weighted by molar-refractivity contribution is 6.00. The van der Waals surface area contributed by atoms with E-state index in [0.717, 1.165) is 31.7 Å². The number of hydrogen-bond donors (Lipinski definition) is 1. The topological polar surface area (TPSA) is 160 Å². The average Bonchev–Trinajstić information content (AvgIpc) is 3.02.